The van der Waals surface area contributed by atoms with Crippen LogP contribution in [-0.2, 0) is 28.3 Å². The number of halogens is 1. The Morgan fingerprint density at radius 2 is 1.70 bits per heavy atom. The summed E-state index contributed by atoms with van der Waals surface area (Å²) in [5.41, 5.74) is 4.04. The van der Waals surface area contributed by atoms with Crippen LogP contribution in [0.25, 0.3) is 0 Å². The van der Waals surface area contributed by atoms with Crippen molar-refractivity contribution in [1.29, 1.82) is 0 Å². The summed E-state index contributed by atoms with van der Waals surface area (Å²) in [6.07, 6.45) is 0.165. The summed E-state index contributed by atoms with van der Waals surface area (Å²) in [5.74, 6) is -0.234. The molecule has 30 heavy (non-hydrogen) atoms. The molecule has 0 saturated heterocycles. The van der Waals surface area contributed by atoms with E-state index in [1.165, 1.54) is 6.07 Å². The highest BCUT2D eigenvalue weighted by Crippen LogP contribution is 2.24. The van der Waals surface area contributed by atoms with Crippen LogP contribution in [0.4, 0.5) is 11.4 Å². The van der Waals surface area contributed by atoms with Crippen molar-refractivity contribution in [3.05, 3.63) is 69.5 Å². The van der Waals surface area contributed by atoms with Crippen molar-refractivity contribution in [3.63, 3.8) is 0 Å². The lowest BCUT2D eigenvalue weighted by molar-refractivity contribution is -0.115. The molecule has 0 unspecified atom stereocenters. The lowest BCUT2D eigenvalue weighted by Crippen LogP contribution is -2.17. The Morgan fingerprint density at radius 3 is 2.30 bits per heavy atom. The molecule has 7 nitrogen and oxygen atoms in total. The minimum Gasteiger partial charge on any atom is -0.326 e. The fraction of sp³-hybridized carbons (Fsp3) is 0.238. The number of carbonyl (C=O) groups is 1. The maximum Gasteiger partial charge on any atom is 0.262 e. The standard InChI is InChI=1S/C21H23BrN4O3S/c1-13-5-8-18(23-21(27)12-19-14(2)24-26(4)15(19)3)11-20(13)30(28,29)25-17-9-6-16(22)7-10-17/h5-11,25H,12H2,1-4H3,(H,23,27). The molecule has 158 valence electrons. The Kier molecular flexibility index (Phi) is 6.33. The van der Waals surface area contributed by atoms with Gasteiger partial charge in [0.25, 0.3) is 10.0 Å². The number of amides is 1. The minimum atomic E-state index is -3.81. The van der Waals surface area contributed by atoms with Gasteiger partial charge in [-0.1, -0.05) is 22.0 Å². The smallest absolute Gasteiger partial charge is 0.262 e. The molecule has 0 radical (unpaired) electrons. The van der Waals surface area contributed by atoms with Crippen LogP contribution in [0.3, 0.4) is 0 Å². The molecule has 0 bridgehead atoms. The summed E-state index contributed by atoms with van der Waals surface area (Å²) in [5, 5.41) is 7.11. The summed E-state index contributed by atoms with van der Waals surface area (Å²) < 4.78 is 30.9. The second kappa shape index (κ2) is 8.61. The van der Waals surface area contributed by atoms with Crippen molar-refractivity contribution in [1.82, 2.24) is 9.78 Å². The Labute approximate surface area is 184 Å². The number of nitrogens with zero attached hydrogens (tertiary/aromatic N) is 2. The Hall–Kier alpha value is -2.65. The Bertz CT molecular complexity index is 1200. The van der Waals surface area contributed by atoms with Crippen LogP contribution >= 0.6 is 15.9 Å². The predicted molar refractivity (Wildman–Crippen MR) is 121 cm³/mol. The van der Waals surface area contributed by atoms with Gasteiger partial charge < -0.3 is 5.32 Å². The predicted octanol–water partition coefficient (Wildman–Crippen LogP) is 4.09. The van der Waals surface area contributed by atoms with Crippen LogP contribution in [-0.4, -0.2) is 24.1 Å². The van der Waals surface area contributed by atoms with Gasteiger partial charge in [-0.3, -0.25) is 14.2 Å². The highest BCUT2D eigenvalue weighted by molar-refractivity contribution is 9.10. The minimum absolute atomic E-state index is 0.108. The van der Waals surface area contributed by atoms with E-state index in [4.69, 9.17) is 0 Å². The third kappa shape index (κ3) is 4.91. The van der Waals surface area contributed by atoms with Crippen molar-refractivity contribution in [2.75, 3.05) is 10.0 Å². The molecule has 1 aromatic heterocycles. The average Bonchev–Trinajstić information content (AvgIpc) is 2.91. The molecule has 0 saturated carbocycles. The molecule has 3 rings (SSSR count). The lowest BCUT2D eigenvalue weighted by Gasteiger charge is -2.13. The Balaban J connectivity index is 1.80. The van der Waals surface area contributed by atoms with Crippen LogP contribution in [0.1, 0.15) is 22.5 Å². The second-order valence-corrected chi connectivity index (χ2v) is 9.66. The molecule has 0 fully saturated rings. The van der Waals surface area contributed by atoms with Gasteiger partial charge in [0.15, 0.2) is 0 Å². The van der Waals surface area contributed by atoms with Crippen LogP contribution in [0, 0.1) is 20.8 Å². The van der Waals surface area contributed by atoms with Gasteiger partial charge in [-0.15, -0.1) is 0 Å². The van der Waals surface area contributed by atoms with E-state index in [0.29, 0.717) is 16.9 Å². The number of aryl methyl sites for hydroxylation is 3. The summed E-state index contributed by atoms with van der Waals surface area (Å²) in [4.78, 5) is 12.7. The van der Waals surface area contributed by atoms with E-state index in [1.54, 1.807) is 48.0 Å². The monoisotopic (exact) mass is 490 g/mol. The van der Waals surface area contributed by atoms with Crippen LogP contribution in [0.2, 0.25) is 0 Å². The summed E-state index contributed by atoms with van der Waals surface area (Å²) in [6, 6.07) is 11.7. The topological polar surface area (TPSA) is 93.1 Å². The average molecular weight is 491 g/mol. The van der Waals surface area contributed by atoms with E-state index in [2.05, 4.69) is 31.1 Å². The molecule has 3 aromatic rings. The zero-order valence-corrected chi connectivity index (χ0v) is 19.6. The number of anilines is 2. The van der Waals surface area contributed by atoms with Crippen molar-refractivity contribution >= 4 is 43.2 Å². The zero-order valence-electron chi connectivity index (χ0n) is 17.2. The molecule has 2 N–H and O–H groups in total. The van der Waals surface area contributed by atoms with Crippen LogP contribution in [0.5, 0.6) is 0 Å². The van der Waals surface area contributed by atoms with Gasteiger partial charge in [-0.25, -0.2) is 8.42 Å². The maximum atomic E-state index is 12.9. The van der Waals surface area contributed by atoms with Gasteiger partial charge in [-0.05, 0) is 62.7 Å². The fourth-order valence-electron chi connectivity index (χ4n) is 3.13. The third-order valence-electron chi connectivity index (χ3n) is 4.85. The maximum absolute atomic E-state index is 12.9. The molecule has 1 amide bonds. The molecule has 0 aliphatic rings. The quantitative estimate of drug-likeness (QED) is 0.543. The number of hydrogen-bond acceptors (Lipinski definition) is 4. The molecule has 1 heterocycles. The van der Waals surface area contributed by atoms with Gasteiger partial charge >= 0.3 is 0 Å². The van der Waals surface area contributed by atoms with Gasteiger partial charge in [-0.2, -0.15) is 5.10 Å². The van der Waals surface area contributed by atoms with Gasteiger partial charge in [0.1, 0.15) is 0 Å². The molecular weight excluding hydrogens is 468 g/mol. The molecular formula is C21H23BrN4O3S. The van der Waals surface area contributed by atoms with E-state index >= 15 is 0 Å². The fourth-order valence-corrected chi connectivity index (χ4v) is 4.73. The summed E-state index contributed by atoms with van der Waals surface area (Å²) in [7, 11) is -1.98. The van der Waals surface area contributed by atoms with Crippen molar-refractivity contribution in [2.45, 2.75) is 32.1 Å². The lowest BCUT2D eigenvalue weighted by atomic mass is 10.1. The Morgan fingerprint density at radius 1 is 1.07 bits per heavy atom. The molecule has 9 heteroatoms. The van der Waals surface area contributed by atoms with E-state index in [-0.39, 0.29) is 17.2 Å². The van der Waals surface area contributed by atoms with E-state index in [1.807, 2.05) is 20.9 Å². The summed E-state index contributed by atoms with van der Waals surface area (Å²) in [6.45, 7) is 5.48. The van der Waals surface area contributed by atoms with E-state index in [9.17, 15) is 13.2 Å². The number of carbonyl (C=O) groups excluding carboxylic acids is 1. The first-order valence-corrected chi connectivity index (χ1v) is 11.5. The van der Waals surface area contributed by atoms with Gasteiger partial charge in [0.2, 0.25) is 5.91 Å². The first kappa shape index (κ1) is 22.0. The van der Waals surface area contributed by atoms with E-state index in [0.717, 1.165) is 21.4 Å². The van der Waals surface area contributed by atoms with Crippen LogP contribution in [0.15, 0.2) is 51.8 Å². The van der Waals surface area contributed by atoms with E-state index < -0.39 is 10.0 Å². The van der Waals surface area contributed by atoms with Crippen molar-refractivity contribution < 1.29 is 13.2 Å². The molecule has 0 atom stereocenters. The van der Waals surface area contributed by atoms with Crippen molar-refractivity contribution in [2.24, 2.45) is 7.05 Å². The third-order valence-corrected chi connectivity index (χ3v) is 6.91. The highest BCUT2D eigenvalue weighted by atomic mass is 79.9. The van der Waals surface area contributed by atoms with Crippen LogP contribution < -0.4 is 10.0 Å². The normalized spacial score (nSPS) is 11.4. The number of benzene rings is 2. The molecule has 2 aromatic carbocycles. The number of aromatic nitrogens is 2. The highest BCUT2D eigenvalue weighted by Gasteiger charge is 2.19. The molecule has 0 aliphatic carbocycles. The largest absolute Gasteiger partial charge is 0.326 e. The van der Waals surface area contributed by atoms with Crippen molar-refractivity contribution in [3.8, 4) is 0 Å². The first-order valence-electron chi connectivity index (χ1n) is 9.25. The van der Waals surface area contributed by atoms with Gasteiger partial charge in [0, 0.05) is 34.2 Å². The second-order valence-electron chi connectivity index (χ2n) is 7.09. The first-order chi connectivity index (χ1) is 14.1. The number of sulfonamides is 1. The SMILES string of the molecule is Cc1ccc(NC(=O)Cc2c(C)nn(C)c2C)cc1S(=O)(=O)Nc1ccc(Br)cc1. The molecule has 0 spiro atoms. The number of nitrogens with one attached hydrogen (secondary N) is 2. The number of hydrogen-bond donors (Lipinski definition) is 2. The molecule has 0 aliphatic heterocycles. The zero-order chi connectivity index (χ0) is 22.1. The number of rotatable bonds is 6. The summed E-state index contributed by atoms with van der Waals surface area (Å²) >= 11 is 3.33. The van der Waals surface area contributed by atoms with Gasteiger partial charge in [0.05, 0.1) is 17.0 Å².